The summed E-state index contributed by atoms with van der Waals surface area (Å²) in [7, 11) is -5.90. The molecule has 38 atom stereocenters. The normalized spacial score (nSPS) is 39.1. The molecule has 43 nitrogen and oxygen atoms in total. The van der Waals surface area contributed by atoms with Crippen molar-refractivity contribution in [1.82, 2.24) is 0 Å². The fourth-order valence-corrected chi connectivity index (χ4v) is 16.3. The van der Waals surface area contributed by atoms with Crippen LogP contribution in [0.2, 0.25) is 0 Å². The molecule has 0 radical (unpaired) electrons. The lowest BCUT2D eigenvalue weighted by atomic mass is 9.84. The zero-order valence-corrected chi connectivity index (χ0v) is 72.4. The number of phosphoric acid groups is 1. The number of rotatable bonds is 56. The van der Waals surface area contributed by atoms with Gasteiger partial charge in [-0.1, -0.05) is 140 Å². The summed E-state index contributed by atoms with van der Waals surface area (Å²) in [6.07, 6.45) is -40.1. The largest absolute Gasteiger partial charge is 0.472 e. The van der Waals surface area contributed by atoms with E-state index in [4.69, 9.17) is 75.4 Å². The average molecular weight is 1850 g/mol. The maximum absolute atomic E-state index is 14.5. The molecule has 0 aromatic rings. The minimum Gasteiger partial charge on any atom is -0.462 e. The molecule has 0 aromatic carbocycles. The van der Waals surface area contributed by atoms with Crippen LogP contribution in [0.25, 0.3) is 0 Å². The van der Waals surface area contributed by atoms with E-state index in [1.54, 1.807) is 0 Å². The second kappa shape index (κ2) is 56.9. The molecule has 6 saturated heterocycles. The maximum Gasteiger partial charge on any atom is 0.472 e. The number of hydrogen-bond acceptors (Lipinski definition) is 42. The van der Waals surface area contributed by atoms with Crippen molar-refractivity contribution in [2.45, 2.75) is 414 Å². The standard InChI is InChI=1S/C82H143O43P/c1-3-5-7-9-11-13-15-17-19-21-22-24-26-28-30-32-34-51(85)110-38-44(116-52(86)35-33-31-29-27-25-23-20-18-16-14-12-10-8-6-4-2)39-115-126(108,109)125-76-74(123-81-72(106)60(94)54(88)46(37-84)118-81)66(100)65(99)67(101)75(76)124-82-73(107)64(98)58(92)50(122-82)43-114-80-71(105)63(97)57(91)49(121-80)42-113-79-70(104)62(96)56(90)48(120-79)41-112-78-69(103)61(95)55(89)47(119-78)40-111-77-68(102)59(93)53(87)45(36-83)117-77/h13,15,18-21,44-50,53-84,87-107H,3-12,14,16-17,22-43H2,1-2H3,(H,108,109)/b15-13-,20-18-,21-19-/t44-,45?,46?,47?,48?,49?,50?,53+,54-,55+,56+,57+,58+,59?,60?,61?,62?,63?,64?,65+,66?,67?,68+,69+,70+,71+,72-,73+,74-,75?,76+,77-,78-,79-,80-,81-,82+/m1/s1. The topological polar surface area (TPSA) is 684 Å². The summed E-state index contributed by atoms with van der Waals surface area (Å²) < 4.78 is 104. The highest BCUT2D eigenvalue weighted by Crippen LogP contribution is 2.49. The first-order valence-corrected chi connectivity index (χ1v) is 45.9. The lowest BCUT2D eigenvalue weighted by molar-refractivity contribution is -0.365. The molecule has 0 amide bonds. The van der Waals surface area contributed by atoms with Crippen LogP contribution >= 0.6 is 7.82 Å². The van der Waals surface area contributed by atoms with Crippen molar-refractivity contribution in [3.8, 4) is 0 Å². The Balaban J connectivity index is 1.00. The van der Waals surface area contributed by atoms with Crippen molar-refractivity contribution < 1.29 is 212 Å². The summed E-state index contributed by atoms with van der Waals surface area (Å²) in [6, 6.07) is 0. The van der Waals surface area contributed by atoms with Crippen molar-refractivity contribution >= 4 is 19.8 Å². The van der Waals surface area contributed by atoms with Gasteiger partial charge in [0.2, 0.25) is 0 Å². The average Bonchev–Trinajstić information content (AvgIpc) is 0.756. The predicted octanol–water partition coefficient (Wildman–Crippen LogP) is -4.05. The molecule has 734 valence electrons. The first-order chi connectivity index (χ1) is 60.2. The summed E-state index contributed by atoms with van der Waals surface area (Å²) in [5.41, 5.74) is 0. The minimum absolute atomic E-state index is 0.0523. The molecule has 7 aliphatic rings. The zero-order chi connectivity index (χ0) is 92.3. The van der Waals surface area contributed by atoms with Gasteiger partial charge in [0.25, 0.3) is 0 Å². The quantitative estimate of drug-likeness (QED) is 0.0119. The van der Waals surface area contributed by atoms with Crippen LogP contribution in [0.15, 0.2) is 36.5 Å². The van der Waals surface area contributed by atoms with E-state index < -0.39 is 300 Å². The van der Waals surface area contributed by atoms with E-state index in [0.29, 0.717) is 25.7 Å². The summed E-state index contributed by atoms with van der Waals surface area (Å²) in [4.78, 5) is 38.5. The highest BCUT2D eigenvalue weighted by Gasteiger charge is 2.60. The molecule has 16 unspecified atom stereocenters. The molecule has 6 heterocycles. The van der Waals surface area contributed by atoms with Crippen LogP contribution in [0.5, 0.6) is 0 Å². The number of aliphatic hydroxyl groups is 23. The number of carbonyl (C=O) groups excluding carboxylic acids is 2. The second-order valence-electron chi connectivity index (χ2n) is 33.3. The minimum atomic E-state index is -5.90. The number of esters is 2. The van der Waals surface area contributed by atoms with Crippen LogP contribution in [0.1, 0.15) is 187 Å². The van der Waals surface area contributed by atoms with E-state index in [-0.39, 0.29) is 12.8 Å². The van der Waals surface area contributed by atoms with Gasteiger partial charge in [-0.2, -0.15) is 0 Å². The second-order valence-corrected chi connectivity index (χ2v) is 34.7. The van der Waals surface area contributed by atoms with Crippen LogP contribution in [-0.4, -0.2) is 414 Å². The van der Waals surface area contributed by atoms with E-state index in [2.05, 4.69) is 50.3 Å². The Hall–Kier alpha value is -3.13. The molecule has 0 bridgehead atoms. The van der Waals surface area contributed by atoms with Crippen molar-refractivity contribution in [3.05, 3.63) is 36.5 Å². The molecule has 1 saturated carbocycles. The fraction of sp³-hybridized carbons (Fsp3) is 0.902. The van der Waals surface area contributed by atoms with Crippen LogP contribution < -0.4 is 0 Å². The van der Waals surface area contributed by atoms with Gasteiger partial charge in [-0.3, -0.25) is 18.6 Å². The Bertz CT molecular complexity index is 3130. The zero-order valence-electron chi connectivity index (χ0n) is 71.5. The number of hydrogen-bond donors (Lipinski definition) is 24. The van der Waals surface area contributed by atoms with Gasteiger partial charge in [0.1, 0.15) is 190 Å². The van der Waals surface area contributed by atoms with E-state index in [9.17, 15) is 136 Å². The van der Waals surface area contributed by atoms with Gasteiger partial charge < -0.3 is 189 Å². The van der Waals surface area contributed by atoms with E-state index >= 15 is 0 Å². The summed E-state index contributed by atoms with van der Waals surface area (Å²) in [6.45, 7) is -2.96. The number of allylic oxidation sites excluding steroid dienone is 6. The van der Waals surface area contributed by atoms with Gasteiger partial charge in [0.15, 0.2) is 43.8 Å². The summed E-state index contributed by atoms with van der Waals surface area (Å²) in [5, 5.41) is 251. The summed E-state index contributed by atoms with van der Waals surface area (Å²) in [5.74, 6) is -1.53. The predicted molar refractivity (Wildman–Crippen MR) is 431 cm³/mol. The molecule has 44 heteroatoms. The number of ether oxygens (including phenoxy) is 14. The van der Waals surface area contributed by atoms with Crippen LogP contribution in [0, 0.1) is 0 Å². The third-order valence-electron chi connectivity index (χ3n) is 23.3. The molecule has 126 heavy (non-hydrogen) atoms. The molecule has 7 rings (SSSR count). The number of phosphoric ester groups is 1. The Kier molecular flexibility index (Phi) is 49.6. The molecule has 24 N–H and O–H groups in total. The monoisotopic (exact) mass is 1850 g/mol. The molecule has 0 aromatic heterocycles. The molecule has 1 aliphatic carbocycles. The van der Waals surface area contributed by atoms with Gasteiger partial charge in [0, 0.05) is 12.8 Å². The third kappa shape index (κ3) is 33.4. The number of carbonyl (C=O) groups is 2. The van der Waals surface area contributed by atoms with Crippen LogP contribution in [-0.2, 0) is 89.5 Å². The Morgan fingerprint density at radius 3 is 0.952 bits per heavy atom. The highest BCUT2D eigenvalue weighted by molar-refractivity contribution is 7.47. The van der Waals surface area contributed by atoms with Crippen molar-refractivity contribution in [2.75, 3.05) is 52.9 Å². The van der Waals surface area contributed by atoms with Gasteiger partial charge in [-0.15, -0.1) is 0 Å². The Morgan fingerprint density at radius 1 is 0.317 bits per heavy atom. The van der Waals surface area contributed by atoms with Crippen LogP contribution in [0.4, 0.5) is 0 Å². The smallest absolute Gasteiger partial charge is 0.462 e. The number of aliphatic hydroxyl groups excluding tert-OH is 23. The lowest BCUT2D eigenvalue weighted by Gasteiger charge is -2.49. The van der Waals surface area contributed by atoms with Crippen molar-refractivity contribution in [2.24, 2.45) is 0 Å². The first kappa shape index (κ1) is 110. The van der Waals surface area contributed by atoms with Gasteiger partial charge >= 0.3 is 19.8 Å². The maximum atomic E-state index is 14.5. The molecular formula is C82H143O43P. The molecule has 0 spiro atoms. The lowest BCUT2D eigenvalue weighted by Crippen LogP contribution is -2.69. The van der Waals surface area contributed by atoms with Crippen LogP contribution in [0.3, 0.4) is 0 Å². The van der Waals surface area contributed by atoms with E-state index in [1.807, 2.05) is 0 Å². The molecular weight excluding hydrogens is 1700 g/mol. The third-order valence-corrected chi connectivity index (χ3v) is 24.3. The number of unbranched alkanes of at least 4 members (excludes halogenated alkanes) is 20. The van der Waals surface area contributed by atoms with E-state index in [0.717, 1.165) is 77.0 Å². The van der Waals surface area contributed by atoms with Crippen molar-refractivity contribution in [3.63, 3.8) is 0 Å². The van der Waals surface area contributed by atoms with E-state index in [1.165, 1.54) is 57.8 Å². The fourth-order valence-electron chi connectivity index (χ4n) is 15.4. The molecule has 6 aliphatic heterocycles. The molecule has 7 fully saturated rings. The van der Waals surface area contributed by atoms with Gasteiger partial charge in [-0.25, -0.2) is 4.57 Å². The summed E-state index contributed by atoms with van der Waals surface area (Å²) >= 11 is 0. The Labute approximate surface area is 732 Å². The Morgan fingerprint density at radius 2 is 0.595 bits per heavy atom. The first-order valence-electron chi connectivity index (χ1n) is 44.4. The van der Waals surface area contributed by atoms with Crippen molar-refractivity contribution in [1.29, 1.82) is 0 Å². The SMILES string of the molecule is CCCCCC/C=C\C/C=C\CCCCCCCC(=O)OC[C@H](COP(=O)(O)O[C@@H]1C(O[C@@H]2OC(CO[C@@H]3OC(CO[C@@H]4OC(CO[C@@H]5OC(CO[C@@H]6OC(CO)[C@H](O)C(O)[C@@H]6O)[C@H](O)C(O)[C@@H]5O)[C@H](O)C(O)[C@@H]4O)[C@H](O)C(O)[C@@H]3O)[C@H](O)C(O)[C@@H]2O)C(O)[C@@H](O)C(O)[C@H]1O[C@H]1OC(CO)[C@@H](O)C(O)[C@H]1O)OC(=O)CCCCCCC/C=C\CCCCCCCC. The van der Waals surface area contributed by atoms with Gasteiger partial charge in [-0.05, 0) is 70.6 Å². The highest BCUT2D eigenvalue weighted by atomic mass is 31.2. The van der Waals surface area contributed by atoms with Gasteiger partial charge in [0.05, 0.1) is 46.2 Å².